The first kappa shape index (κ1) is 12.1. The summed E-state index contributed by atoms with van der Waals surface area (Å²) in [4.78, 5) is 0. The number of halogens is 1. The largest absolute Gasteiger partial charge is 0.487 e. The number of nitriles is 1. The molecule has 0 amide bonds. The van der Waals surface area contributed by atoms with Gasteiger partial charge in [-0.05, 0) is 30.7 Å². The number of hydrogen-bond donors (Lipinski definition) is 0. The Hall–Kier alpha value is -2.34. The zero-order valence-electron chi connectivity index (χ0n) is 9.98. The Morgan fingerprint density at radius 2 is 2.00 bits per heavy atom. The van der Waals surface area contributed by atoms with Gasteiger partial charge in [-0.25, -0.2) is 4.39 Å². The topological polar surface area (TPSA) is 33.0 Å². The lowest BCUT2D eigenvalue weighted by Crippen LogP contribution is -2.00. The summed E-state index contributed by atoms with van der Waals surface area (Å²) in [5, 5.41) is 8.96. The van der Waals surface area contributed by atoms with Crippen molar-refractivity contribution in [3.63, 3.8) is 0 Å². The molecule has 0 aliphatic rings. The van der Waals surface area contributed by atoms with Crippen molar-refractivity contribution in [2.75, 3.05) is 0 Å². The smallest absolute Gasteiger partial charge is 0.137 e. The first-order valence-electron chi connectivity index (χ1n) is 5.57. The summed E-state index contributed by atoms with van der Waals surface area (Å²) >= 11 is 0. The number of rotatable bonds is 3. The number of hydrogen-bond acceptors (Lipinski definition) is 2. The van der Waals surface area contributed by atoms with E-state index < -0.39 is 0 Å². The summed E-state index contributed by atoms with van der Waals surface area (Å²) in [5.74, 6) is 0.185. The van der Waals surface area contributed by atoms with Gasteiger partial charge in [0.15, 0.2) is 0 Å². The molecule has 18 heavy (non-hydrogen) atoms. The Morgan fingerprint density at radius 3 is 2.72 bits per heavy atom. The van der Waals surface area contributed by atoms with Crippen molar-refractivity contribution in [1.82, 2.24) is 0 Å². The van der Waals surface area contributed by atoms with E-state index in [4.69, 9.17) is 10.00 Å². The zero-order valence-corrected chi connectivity index (χ0v) is 9.98. The van der Waals surface area contributed by atoms with Crippen LogP contribution in [0, 0.1) is 24.1 Å². The highest BCUT2D eigenvalue weighted by molar-refractivity contribution is 5.45. The summed E-state index contributed by atoms with van der Waals surface area (Å²) in [7, 11) is 0. The molecule has 2 aromatic rings. The average molecular weight is 241 g/mol. The molecule has 0 aliphatic heterocycles. The van der Waals surface area contributed by atoms with Crippen LogP contribution in [0.2, 0.25) is 0 Å². The number of benzene rings is 2. The molecule has 0 radical (unpaired) electrons. The summed E-state index contributed by atoms with van der Waals surface area (Å²) in [6, 6.07) is 13.8. The lowest BCUT2D eigenvalue weighted by molar-refractivity contribution is 0.299. The van der Waals surface area contributed by atoms with Crippen LogP contribution in [-0.2, 0) is 6.61 Å². The lowest BCUT2D eigenvalue weighted by atomic mass is 10.1. The van der Waals surface area contributed by atoms with Crippen LogP contribution in [0.15, 0.2) is 42.5 Å². The van der Waals surface area contributed by atoms with Gasteiger partial charge in [-0.2, -0.15) is 5.26 Å². The van der Waals surface area contributed by atoms with Crippen LogP contribution < -0.4 is 4.74 Å². The van der Waals surface area contributed by atoms with Crippen molar-refractivity contribution >= 4 is 0 Å². The predicted octanol–water partition coefficient (Wildman–Crippen LogP) is 3.58. The Bertz CT molecular complexity index is 602. The van der Waals surface area contributed by atoms with E-state index in [-0.39, 0.29) is 12.4 Å². The van der Waals surface area contributed by atoms with Gasteiger partial charge in [0.25, 0.3) is 0 Å². The zero-order chi connectivity index (χ0) is 13.0. The second-order valence-electron chi connectivity index (χ2n) is 3.99. The van der Waals surface area contributed by atoms with Crippen LogP contribution in [0.4, 0.5) is 4.39 Å². The maximum atomic E-state index is 13.4. The molecule has 0 fully saturated rings. The number of ether oxygens (including phenoxy) is 1. The molecule has 0 unspecified atom stereocenters. The molecule has 0 saturated carbocycles. The van der Waals surface area contributed by atoms with E-state index in [9.17, 15) is 4.39 Å². The van der Waals surface area contributed by atoms with Crippen molar-refractivity contribution in [2.24, 2.45) is 0 Å². The monoisotopic (exact) mass is 241 g/mol. The van der Waals surface area contributed by atoms with Crippen LogP contribution in [0.5, 0.6) is 5.75 Å². The first-order chi connectivity index (χ1) is 8.70. The molecule has 0 spiro atoms. The molecule has 2 nitrogen and oxygen atoms in total. The van der Waals surface area contributed by atoms with Crippen LogP contribution in [0.25, 0.3) is 0 Å². The van der Waals surface area contributed by atoms with Gasteiger partial charge in [0.05, 0.1) is 5.56 Å². The summed E-state index contributed by atoms with van der Waals surface area (Å²) < 4.78 is 18.9. The van der Waals surface area contributed by atoms with Gasteiger partial charge < -0.3 is 4.74 Å². The minimum atomic E-state index is -0.302. The molecular weight excluding hydrogens is 229 g/mol. The molecular formula is C15H12FNO. The molecule has 0 saturated heterocycles. The molecule has 0 aliphatic carbocycles. The third-order valence-electron chi connectivity index (χ3n) is 2.60. The fraction of sp³-hybridized carbons (Fsp3) is 0.133. The fourth-order valence-electron chi connectivity index (χ4n) is 1.61. The Morgan fingerprint density at radius 1 is 1.22 bits per heavy atom. The van der Waals surface area contributed by atoms with Gasteiger partial charge >= 0.3 is 0 Å². The highest BCUT2D eigenvalue weighted by Crippen LogP contribution is 2.21. The van der Waals surface area contributed by atoms with Crippen LogP contribution >= 0.6 is 0 Å². The summed E-state index contributed by atoms with van der Waals surface area (Å²) in [6.45, 7) is 2.03. The second-order valence-corrected chi connectivity index (χ2v) is 3.99. The van der Waals surface area contributed by atoms with Crippen LogP contribution in [0.1, 0.15) is 16.7 Å². The van der Waals surface area contributed by atoms with E-state index in [2.05, 4.69) is 6.07 Å². The van der Waals surface area contributed by atoms with E-state index in [1.165, 1.54) is 6.07 Å². The standard InChI is InChI=1S/C15H12FNO/c1-11-6-7-12(9-17)15(8-11)18-10-13-4-2-3-5-14(13)16/h2-8H,10H2,1H3. The molecule has 90 valence electrons. The average Bonchev–Trinajstić information content (AvgIpc) is 2.38. The Kier molecular flexibility index (Phi) is 3.59. The maximum Gasteiger partial charge on any atom is 0.137 e. The van der Waals surface area contributed by atoms with Gasteiger partial charge in [0.2, 0.25) is 0 Å². The van der Waals surface area contributed by atoms with Gasteiger partial charge in [-0.15, -0.1) is 0 Å². The van der Waals surface area contributed by atoms with Gasteiger partial charge in [-0.3, -0.25) is 0 Å². The third kappa shape index (κ3) is 2.67. The molecule has 0 aromatic heterocycles. The van der Waals surface area contributed by atoms with Crippen molar-refractivity contribution < 1.29 is 9.13 Å². The van der Waals surface area contributed by atoms with Crippen molar-refractivity contribution in [3.05, 3.63) is 65.0 Å². The molecule has 2 aromatic carbocycles. The molecule has 0 atom stereocenters. The SMILES string of the molecule is Cc1ccc(C#N)c(OCc2ccccc2F)c1. The lowest BCUT2D eigenvalue weighted by Gasteiger charge is -2.09. The van der Waals surface area contributed by atoms with Gasteiger partial charge in [-0.1, -0.05) is 24.3 Å². The molecule has 3 heteroatoms. The molecule has 2 rings (SSSR count). The Balaban J connectivity index is 2.18. The molecule has 0 N–H and O–H groups in total. The van der Waals surface area contributed by atoms with Gasteiger partial charge in [0.1, 0.15) is 24.2 Å². The van der Waals surface area contributed by atoms with E-state index in [0.29, 0.717) is 16.9 Å². The first-order valence-corrected chi connectivity index (χ1v) is 5.57. The van der Waals surface area contributed by atoms with E-state index in [1.54, 1.807) is 30.3 Å². The number of nitrogens with zero attached hydrogens (tertiary/aromatic N) is 1. The van der Waals surface area contributed by atoms with Crippen LogP contribution in [0.3, 0.4) is 0 Å². The van der Waals surface area contributed by atoms with Crippen molar-refractivity contribution in [2.45, 2.75) is 13.5 Å². The predicted molar refractivity (Wildman–Crippen MR) is 66.6 cm³/mol. The fourth-order valence-corrected chi connectivity index (χ4v) is 1.61. The third-order valence-corrected chi connectivity index (χ3v) is 2.60. The summed E-state index contributed by atoms with van der Waals surface area (Å²) in [6.07, 6.45) is 0. The Labute approximate surface area is 105 Å². The second kappa shape index (κ2) is 5.33. The van der Waals surface area contributed by atoms with E-state index >= 15 is 0 Å². The summed E-state index contributed by atoms with van der Waals surface area (Å²) in [5.41, 5.74) is 1.93. The highest BCUT2D eigenvalue weighted by Gasteiger charge is 2.06. The normalized spacial score (nSPS) is 9.83. The van der Waals surface area contributed by atoms with E-state index in [1.807, 2.05) is 13.0 Å². The van der Waals surface area contributed by atoms with Crippen LogP contribution in [-0.4, -0.2) is 0 Å². The van der Waals surface area contributed by atoms with Crippen molar-refractivity contribution in [3.8, 4) is 11.8 Å². The van der Waals surface area contributed by atoms with E-state index in [0.717, 1.165) is 5.56 Å². The van der Waals surface area contributed by atoms with Gasteiger partial charge in [0, 0.05) is 5.56 Å². The van der Waals surface area contributed by atoms with Crippen molar-refractivity contribution in [1.29, 1.82) is 5.26 Å². The molecule has 0 bridgehead atoms. The maximum absolute atomic E-state index is 13.4. The minimum absolute atomic E-state index is 0.116. The highest BCUT2D eigenvalue weighted by atomic mass is 19.1. The minimum Gasteiger partial charge on any atom is -0.487 e. The quantitative estimate of drug-likeness (QED) is 0.822. The molecule has 0 heterocycles. The number of aryl methyl sites for hydroxylation is 1.